The molecule has 88 valence electrons. The van der Waals surface area contributed by atoms with E-state index in [9.17, 15) is 13.2 Å². The lowest BCUT2D eigenvalue weighted by atomic mass is 10.0. The van der Waals surface area contributed by atoms with E-state index in [1.807, 2.05) is 0 Å². The lowest BCUT2D eigenvalue weighted by Crippen LogP contribution is -2.13. The predicted octanol–water partition coefficient (Wildman–Crippen LogP) is 1.19. The van der Waals surface area contributed by atoms with E-state index in [1.165, 1.54) is 6.07 Å². The van der Waals surface area contributed by atoms with Crippen molar-refractivity contribution in [1.29, 1.82) is 0 Å². The summed E-state index contributed by atoms with van der Waals surface area (Å²) in [4.78, 5) is 10.9. The first-order valence-electron chi connectivity index (χ1n) is 4.68. The Kier molecular flexibility index (Phi) is 2.60. The Balaban J connectivity index is 2.90. The fourth-order valence-corrected chi connectivity index (χ4v) is 2.20. The standard InChI is InChI=1S/C11H9NO4S/c12-17(15,16)8-5-7-3-1-2-4-9(7)10(6-8)11(13)14/h1-6H,(H,13,14)(H2,12,15,16). The van der Waals surface area contributed by atoms with Crippen molar-refractivity contribution in [3.05, 3.63) is 42.0 Å². The van der Waals surface area contributed by atoms with Gasteiger partial charge in [-0.15, -0.1) is 0 Å². The number of sulfonamides is 1. The zero-order chi connectivity index (χ0) is 12.6. The SMILES string of the molecule is NS(=O)(=O)c1cc(C(=O)O)c2ccccc2c1. The molecule has 0 spiro atoms. The minimum Gasteiger partial charge on any atom is -0.478 e. The van der Waals surface area contributed by atoms with Gasteiger partial charge >= 0.3 is 5.97 Å². The summed E-state index contributed by atoms with van der Waals surface area (Å²) in [6.07, 6.45) is 0. The van der Waals surface area contributed by atoms with Crippen LogP contribution in [0.15, 0.2) is 41.3 Å². The monoisotopic (exact) mass is 251 g/mol. The number of rotatable bonds is 2. The zero-order valence-electron chi connectivity index (χ0n) is 8.62. The molecule has 0 fully saturated rings. The summed E-state index contributed by atoms with van der Waals surface area (Å²) in [7, 11) is -3.91. The van der Waals surface area contributed by atoms with Crippen LogP contribution in [-0.2, 0) is 10.0 Å². The number of fused-ring (bicyclic) bond motifs is 1. The normalized spacial score (nSPS) is 11.6. The average Bonchev–Trinajstić information content (AvgIpc) is 2.26. The topological polar surface area (TPSA) is 97.5 Å². The van der Waals surface area contributed by atoms with Gasteiger partial charge in [0.05, 0.1) is 10.5 Å². The molecule has 2 rings (SSSR count). The highest BCUT2D eigenvalue weighted by Crippen LogP contribution is 2.23. The number of carboxylic acids is 1. The quantitative estimate of drug-likeness (QED) is 0.837. The van der Waals surface area contributed by atoms with Crippen LogP contribution in [0.5, 0.6) is 0 Å². The van der Waals surface area contributed by atoms with E-state index in [-0.39, 0.29) is 10.5 Å². The van der Waals surface area contributed by atoms with Gasteiger partial charge in [0, 0.05) is 0 Å². The third-order valence-corrected chi connectivity index (χ3v) is 3.29. The van der Waals surface area contributed by atoms with E-state index in [2.05, 4.69) is 0 Å². The van der Waals surface area contributed by atoms with E-state index in [0.29, 0.717) is 10.8 Å². The van der Waals surface area contributed by atoms with Gasteiger partial charge in [-0.3, -0.25) is 0 Å². The average molecular weight is 251 g/mol. The first kappa shape index (κ1) is 11.6. The van der Waals surface area contributed by atoms with Crippen LogP contribution in [0, 0.1) is 0 Å². The summed E-state index contributed by atoms with van der Waals surface area (Å²) >= 11 is 0. The first-order chi connectivity index (χ1) is 7.89. The molecule has 0 aromatic heterocycles. The van der Waals surface area contributed by atoms with Crippen LogP contribution in [0.25, 0.3) is 10.8 Å². The van der Waals surface area contributed by atoms with E-state index >= 15 is 0 Å². The number of hydrogen-bond acceptors (Lipinski definition) is 3. The Morgan fingerprint density at radius 3 is 2.41 bits per heavy atom. The van der Waals surface area contributed by atoms with E-state index in [4.69, 9.17) is 10.2 Å². The summed E-state index contributed by atoms with van der Waals surface area (Å²) in [5.74, 6) is -1.19. The number of benzene rings is 2. The molecule has 0 heterocycles. The van der Waals surface area contributed by atoms with Crippen molar-refractivity contribution in [2.45, 2.75) is 4.90 Å². The van der Waals surface area contributed by atoms with Gasteiger partial charge in [0.15, 0.2) is 0 Å². The molecule has 6 heteroatoms. The molecule has 0 aliphatic heterocycles. The maximum Gasteiger partial charge on any atom is 0.336 e. The minimum atomic E-state index is -3.91. The lowest BCUT2D eigenvalue weighted by molar-refractivity contribution is 0.0699. The third kappa shape index (κ3) is 2.13. The van der Waals surface area contributed by atoms with Gasteiger partial charge in [-0.2, -0.15) is 0 Å². The highest BCUT2D eigenvalue weighted by Gasteiger charge is 2.15. The van der Waals surface area contributed by atoms with Crippen LogP contribution in [0.3, 0.4) is 0 Å². The summed E-state index contributed by atoms with van der Waals surface area (Å²) < 4.78 is 22.5. The van der Waals surface area contributed by atoms with Crippen molar-refractivity contribution < 1.29 is 18.3 Å². The number of carboxylic acid groups (broad SMARTS) is 1. The van der Waals surface area contributed by atoms with Crippen LogP contribution < -0.4 is 5.14 Å². The zero-order valence-corrected chi connectivity index (χ0v) is 9.44. The Bertz CT molecular complexity index is 706. The third-order valence-electron chi connectivity index (χ3n) is 2.39. The van der Waals surface area contributed by atoms with Gasteiger partial charge in [-0.05, 0) is 22.9 Å². The summed E-state index contributed by atoms with van der Waals surface area (Å²) in [5.41, 5.74) is -0.0767. The van der Waals surface area contributed by atoms with Gasteiger partial charge in [0.25, 0.3) is 0 Å². The van der Waals surface area contributed by atoms with Gasteiger partial charge in [0.1, 0.15) is 0 Å². The Morgan fingerprint density at radius 2 is 1.82 bits per heavy atom. The number of aromatic carboxylic acids is 1. The summed E-state index contributed by atoms with van der Waals surface area (Å²) in [6.45, 7) is 0. The Morgan fingerprint density at radius 1 is 1.18 bits per heavy atom. The van der Waals surface area contributed by atoms with E-state index < -0.39 is 16.0 Å². The number of carbonyl (C=O) groups is 1. The molecule has 0 saturated carbocycles. The number of hydrogen-bond donors (Lipinski definition) is 2. The smallest absolute Gasteiger partial charge is 0.336 e. The van der Waals surface area contributed by atoms with Gasteiger partial charge in [-0.1, -0.05) is 24.3 Å². The predicted molar refractivity (Wildman–Crippen MR) is 62.3 cm³/mol. The largest absolute Gasteiger partial charge is 0.478 e. The molecule has 5 nitrogen and oxygen atoms in total. The first-order valence-corrected chi connectivity index (χ1v) is 6.23. The fraction of sp³-hybridized carbons (Fsp3) is 0. The molecular formula is C11H9NO4S. The van der Waals surface area contributed by atoms with Crippen LogP contribution in [0.1, 0.15) is 10.4 Å². The highest BCUT2D eigenvalue weighted by molar-refractivity contribution is 7.89. The Labute approximate surface area is 97.5 Å². The second-order valence-corrected chi connectivity index (χ2v) is 5.10. The molecule has 0 atom stereocenters. The number of nitrogens with two attached hydrogens (primary N) is 1. The summed E-state index contributed by atoms with van der Waals surface area (Å²) in [6, 6.07) is 9.06. The van der Waals surface area contributed by atoms with Crippen molar-refractivity contribution in [3.8, 4) is 0 Å². The Hall–Kier alpha value is -1.92. The van der Waals surface area contributed by atoms with Crippen LogP contribution in [0.4, 0.5) is 0 Å². The van der Waals surface area contributed by atoms with Crippen LogP contribution >= 0.6 is 0 Å². The lowest BCUT2D eigenvalue weighted by Gasteiger charge is -2.05. The second kappa shape index (κ2) is 3.83. The van der Waals surface area contributed by atoms with Gasteiger partial charge < -0.3 is 5.11 Å². The molecule has 3 N–H and O–H groups in total. The molecule has 0 amide bonds. The van der Waals surface area contributed by atoms with Crippen molar-refractivity contribution in [2.75, 3.05) is 0 Å². The molecule has 2 aromatic rings. The molecular weight excluding hydrogens is 242 g/mol. The molecule has 2 aromatic carbocycles. The fourth-order valence-electron chi connectivity index (χ4n) is 1.62. The van der Waals surface area contributed by atoms with Crippen molar-refractivity contribution in [3.63, 3.8) is 0 Å². The molecule has 0 radical (unpaired) electrons. The minimum absolute atomic E-state index is 0.0767. The van der Waals surface area contributed by atoms with Gasteiger partial charge in [-0.25, -0.2) is 18.4 Å². The van der Waals surface area contributed by atoms with E-state index in [1.54, 1.807) is 24.3 Å². The van der Waals surface area contributed by atoms with Crippen molar-refractivity contribution >= 4 is 26.8 Å². The molecule has 0 bridgehead atoms. The van der Waals surface area contributed by atoms with Crippen LogP contribution in [-0.4, -0.2) is 19.5 Å². The van der Waals surface area contributed by atoms with Crippen LogP contribution in [0.2, 0.25) is 0 Å². The molecule has 0 aliphatic carbocycles. The van der Waals surface area contributed by atoms with Gasteiger partial charge in [0.2, 0.25) is 10.0 Å². The molecule has 0 aliphatic rings. The van der Waals surface area contributed by atoms with Crippen molar-refractivity contribution in [1.82, 2.24) is 0 Å². The van der Waals surface area contributed by atoms with E-state index in [0.717, 1.165) is 6.07 Å². The molecule has 0 unspecified atom stereocenters. The maximum absolute atomic E-state index is 11.2. The number of primary sulfonamides is 1. The molecule has 17 heavy (non-hydrogen) atoms. The second-order valence-electron chi connectivity index (χ2n) is 3.54. The maximum atomic E-state index is 11.2. The molecule has 0 saturated heterocycles. The highest BCUT2D eigenvalue weighted by atomic mass is 32.2. The van der Waals surface area contributed by atoms with Crippen molar-refractivity contribution in [2.24, 2.45) is 5.14 Å². The summed E-state index contributed by atoms with van der Waals surface area (Å²) in [5, 5.41) is 15.0.